The van der Waals surface area contributed by atoms with Gasteiger partial charge in [0.2, 0.25) is 27.6 Å². The SMILES string of the molecule is CS(=O)(=O)NCC1CCCCN1C(=O)CCc1nc(-c2ccc(Cl)cc2)no1. The summed E-state index contributed by atoms with van der Waals surface area (Å²) in [5.74, 6) is 0.805. The second-order valence-corrected chi connectivity index (χ2v) is 9.15. The Bertz CT molecular complexity index is 914. The van der Waals surface area contributed by atoms with E-state index in [-0.39, 0.29) is 24.9 Å². The number of rotatable bonds is 7. The van der Waals surface area contributed by atoms with Crippen molar-refractivity contribution in [1.29, 1.82) is 0 Å². The van der Waals surface area contributed by atoms with E-state index in [0.29, 0.717) is 29.7 Å². The van der Waals surface area contributed by atoms with Gasteiger partial charge >= 0.3 is 0 Å². The van der Waals surface area contributed by atoms with E-state index in [1.54, 1.807) is 29.2 Å². The number of nitrogens with zero attached hydrogens (tertiary/aromatic N) is 3. The van der Waals surface area contributed by atoms with Crippen LogP contribution in [0, 0.1) is 0 Å². The van der Waals surface area contributed by atoms with Gasteiger partial charge in [0.05, 0.1) is 6.26 Å². The van der Waals surface area contributed by atoms with Gasteiger partial charge in [0.1, 0.15) is 0 Å². The lowest BCUT2D eigenvalue weighted by molar-refractivity contribution is -0.134. The fraction of sp³-hybridized carbons (Fsp3) is 0.500. The van der Waals surface area contributed by atoms with Gasteiger partial charge in [-0.25, -0.2) is 13.1 Å². The molecule has 152 valence electrons. The predicted octanol–water partition coefficient (Wildman–Crippen LogP) is 2.25. The molecule has 28 heavy (non-hydrogen) atoms. The highest BCUT2D eigenvalue weighted by molar-refractivity contribution is 7.88. The molecule has 2 heterocycles. The number of hydrogen-bond donors (Lipinski definition) is 1. The van der Waals surface area contributed by atoms with E-state index in [1.165, 1.54) is 0 Å². The molecular weight excluding hydrogens is 404 g/mol. The number of halogens is 1. The van der Waals surface area contributed by atoms with Crippen LogP contribution < -0.4 is 4.72 Å². The van der Waals surface area contributed by atoms with E-state index >= 15 is 0 Å². The van der Waals surface area contributed by atoms with Crippen molar-refractivity contribution in [3.05, 3.63) is 35.2 Å². The number of likely N-dealkylation sites (tertiary alicyclic amines) is 1. The normalized spacial score (nSPS) is 17.6. The van der Waals surface area contributed by atoms with E-state index in [4.69, 9.17) is 16.1 Å². The van der Waals surface area contributed by atoms with Crippen LogP contribution in [0.5, 0.6) is 0 Å². The van der Waals surface area contributed by atoms with Gasteiger partial charge in [0.15, 0.2) is 0 Å². The van der Waals surface area contributed by atoms with Crippen LogP contribution in [0.15, 0.2) is 28.8 Å². The Morgan fingerprint density at radius 3 is 2.79 bits per heavy atom. The first-order valence-corrected chi connectivity index (χ1v) is 11.4. The molecule has 1 fully saturated rings. The molecule has 1 N–H and O–H groups in total. The number of aromatic nitrogens is 2. The minimum atomic E-state index is -3.28. The molecule has 1 unspecified atom stereocenters. The zero-order valence-corrected chi connectivity index (χ0v) is 17.2. The van der Waals surface area contributed by atoms with Crippen molar-refractivity contribution in [2.75, 3.05) is 19.3 Å². The molecule has 1 atom stereocenters. The average Bonchev–Trinajstić information content (AvgIpc) is 3.14. The molecule has 2 aromatic rings. The Kier molecular flexibility index (Phi) is 6.69. The highest BCUT2D eigenvalue weighted by Crippen LogP contribution is 2.20. The van der Waals surface area contributed by atoms with Gasteiger partial charge in [-0.2, -0.15) is 4.98 Å². The third kappa shape index (κ3) is 5.76. The van der Waals surface area contributed by atoms with Crippen molar-refractivity contribution < 1.29 is 17.7 Å². The summed E-state index contributed by atoms with van der Waals surface area (Å²) in [4.78, 5) is 18.8. The molecule has 1 saturated heterocycles. The predicted molar refractivity (Wildman–Crippen MR) is 105 cm³/mol. The molecule has 3 rings (SSSR count). The molecule has 1 aliphatic rings. The number of piperidine rings is 1. The van der Waals surface area contributed by atoms with E-state index in [1.807, 2.05) is 0 Å². The quantitative estimate of drug-likeness (QED) is 0.727. The first-order chi connectivity index (χ1) is 13.3. The molecule has 8 nitrogen and oxygen atoms in total. The Balaban J connectivity index is 1.57. The van der Waals surface area contributed by atoms with Crippen molar-refractivity contribution in [3.63, 3.8) is 0 Å². The van der Waals surface area contributed by atoms with Gasteiger partial charge < -0.3 is 9.42 Å². The zero-order valence-electron chi connectivity index (χ0n) is 15.6. The fourth-order valence-electron chi connectivity index (χ4n) is 3.22. The number of carbonyl (C=O) groups is 1. The lowest BCUT2D eigenvalue weighted by atomic mass is 10.0. The number of benzene rings is 1. The zero-order chi connectivity index (χ0) is 20.1. The second-order valence-electron chi connectivity index (χ2n) is 6.88. The molecule has 0 saturated carbocycles. The topological polar surface area (TPSA) is 105 Å². The van der Waals surface area contributed by atoms with Crippen LogP contribution >= 0.6 is 11.6 Å². The molecule has 1 aromatic heterocycles. The minimum absolute atomic E-state index is 0.0359. The monoisotopic (exact) mass is 426 g/mol. The van der Waals surface area contributed by atoms with Gasteiger partial charge in [-0.15, -0.1) is 0 Å². The second kappa shape index (κ2) is 9.02. The number of carbonyl (C=O) groups excluding carboxylic acids is 1. The lowest BCUT2D eigenvalue weighted by Crippen LogP contribution is -2.49. The van der Waals surface area contributed by atoms with E-state index in [2.05, 4.69) is 14.9 Å². The lowest BCUT2D eigenvalue weighted by Gasteiger charge is -2.35. The maximum absolute atomic E-state index is 12.7. The molecule has 0 spiro atoms. The average molecular weight is 427 g/mol. The smallest absolute Gasteiger partial charge is 0.227 e. The molecular formula is C18H23ClN4O4S. The van der Waals surface area contributed by atoms with Crippen LogP contribution in [0.4, 0.5) is 0 Å². The number of nitrogens with one attached hydrogen (secondary N) is 1. The molecule has 1 aliphatic heterocycles. The van der Waals surface area contributed by atoms with Gasteiger partial charge in [-0.1, -0.05) is 16.8 Å². The Hall–Kier alpha value is -1.97. The molecule has 1 aromatic carbocycles. The Morgan fingerprint density at radius 1 is 1.32 bits per heavy atom. The molecule has 1 amide bonds. The van der Waals surface area contributed by atoms with Crippen molar-refractivity contribution in [3.8, 4) is 11.4 Å². The Morgan fingerprint density at radius 2 is 2.07 bits per heavy atom. The van der Waals surface area contributed by atoms with Crippen LogP contribution in [0.1, 0.15) is 31.6 Å². The number of amides is 1. The van der Waals surface area contributed by atoms with Gasteiger partial charge in [0.25, 0.3) is 0 Å². The van der Waals surface area contributed by atoms with Crippen molar-refractivity contribution in [2.45, 2.75) is 38.1 Å². The fourth-order valence-corrected chi connectivity index (χ4v) is 3.84. The maximum Gasteiger partial charge on any atom is 0.227 e. The molecule has 10 heteroatoms. The van der Waals surface area contributed by atoms with E-state index in [0.717, 1.165) is 31.1 Å². The number of sulfonamides is 1. The van der Waals surface area contributed by atoms with Gasteiger partial charge in [-0.3, -0.25) is 4.79 Å². The third-order valence-corrected chi connectivity index (χ3v) is 5.59. The summed E-state index contributed by atoms with van der Waals surface area (Å²) >= 11 is 5.88. The van der Waals surface area contributed by atoms with Crippen molar-refractivity contribution >= 4 is 27.5 Å². The van der Waals surface area contributed by atoms with Gasteiger partial charge in [0, 0.05) is 42.6 Å². The minimum Gasteiger partial charge on any atom is -0.339 e. The first-order valence-electron chi connectivity index (χ1n) is 9.14. The molecule has 0 radical (unpaired) electrons. The van der Waals surface area contributed by atoms with Crippen LogP contribution in [0.25, 0.3) is 11.4 Å². The first kappa shape index (κ1) is 20.8. The summed E-state index contributed by atoms with van der Waals surface area (Å²) in [5.41, 5.74) is 0.786. The van der Waals surface area contributed by atoms with Crippen LogP contribution in [-0.2, 0) is 21.2 Å². The maximum atomic E-state index is 12.7. The molecule has 0 aliphatic carbocycles. The number of aryl methyl sites for hydroxylation is 1. The third-order valence-electron chi connectivity index (χ3n) is 4.65. The summed E-state index contributed by atoms with van der Waals surface area (Å²) in [6, 6.07) is 6.97. The Labute approximate surface area is 169 Å². The van der Waals surface area contributed by atoms with Crippen molar-refractivity contribution in [1.82, 2.24) is 19.8 Å². The van der Waals surface area contributed by atoms with Crippen molar-refractivity contribution in [2.24, 2.45) is 0 Å². The number of hydrogen-bond acceptors (Lipinski definition) is 6. The van der Waals surface area contributed by atoms with E-state index < -0.39 is 10.0 Å². The van der Waals surface area contributed by atoms with Gasteiger partial charge in [-0.05, 0) is 43.5 Å². The summed E-state index contributed by atoms with van der Waals surface area (Å²) in [7, 11) is -3.28. The standard InChI is InChI=1S/C18H23ClN4O4S/c1-28(25,26)20-12-15-4-2-3-11-23(15)17(24)10-9-16-21-18(22-27-16)13-5-7-14(19)8-6-13/h5-8,15,20H,2-4,9-12H2,1H3. The van der Waals surface area contributed by atoms with Crippen LogP contribution in [0.3, 0.4) is 0 Å². The summed E-state index contributed by atoms with van der Waals surface area (Å²) < 4.78 is 30.5. The van der Waals surface area contributed by atoms with Crippen LogP contribution in [-0.4, -0.2) is 54.8 Å². The molecule has 0 bridgehead atoms. The highest BCUT2D eigenvalue weighted by Gasteiger charge is 2.27. The largest absolute Gasteiger partial charge is 0.339 e. The summed E-state index contributed by atoms with van der Waals surface area (Å²) in [6.45, 7) is 0.876. The van der Waals surface area contributed by atoms with E-state index in [9.17, 15) is 13.2 Å². The summed E-state index contributed by atoms with van der Waals surface area (Å²) in [6.07, 6.45) is 4.38. The highest BCUT2D eigenvalue weighted by atomic mass is 35.5. The summed E-state index contributed by atoms with van der Waals surface area (Å²) in [5, 5.41) is 4.57. The van der Waals surface area contributed by atoms with Crippen LogP contribution in [0.2, 0.25) is 5.02 Å².